The molecular weight excluding hydrogens is 379 g/mol. The van der Waals surface area contributed by atoms with E-state index in [2.05, 4.69) is 25.4 Å². The normalized spacial score (nSPS) is 16.3. The fourth-order valence-corrected chi connectivity index (χ4v) is 3.20. The highest BCUT2D eigenvalue weighted by atomic mass is 35.5. The molecule has 1 aliphatic rings. The number of methoxy groups -OCH3 is 1. The number of β-amino-alcohol motifs (C(OH)–C–C–N with tert-alkyl or cyclic N) is 1. The molecule has 2 heterocycles. The minimum atomic E-state index is -0.490. The van der Waals surface area contributed by atoms with Crippen molar-refractivity contribution in [2.45, 2.75) is 12.1 Å². The van der Waals surface area contributed by atoms with E-state index in [1.54, 1.807) is 25.3 Å². The summed E-state index contributed by atoms with van der Waals surface area (Å²) in [5, 5.41) is 21.9. The van der Waals surface area contributed by atoms with E-state index in [0.29, 0.717) is 40.4 Å². The second kappa shape index (κ2) is 8.32. The fourth-order valence-electron chi connectivity index (χ4n) is 2.81. The molecule has 3 rings (SSSR count). The van der Waals surface area contributed by atoms with Crippen molar-refractivity contribution >= 4 is 35.0 Å². The topological polar surface area (TPSA) is 109 Å². The first kappa shape index (κ1) is 19.1. The zero-order valence-electron chi connectivity index (χ0n) is 14.2. The molecule has 4 N–H and O–H groups in total. The van der Waals surface area contributed by atoms with E-state index in [4.69, 9.17) is 33.7 Å². The van der Waals surface area contributed by atoms with Crippen molar-refractivity contribution in [2.75, 3.05) is 44.4 Å². The lowest BCUT2D eigenvalue weighted by Crippen LogP contribution is -2.57. The minimum Gasteiger partial charge on any atom is -0.389 e. The van der Waals surface area contributed by atoms with Crippen LogP contribution in [-0.2, 0) is 4.74 Å². The Morgan fingerprint density at radius 1 is 1.38 bits per heavy atom. The summed E-state index contributed by atoms with van der Waals surface area (Å²) in [6.45, 7) is 2.43. The molecule has 0 saturated carbocycles. The Morgan fingerprint density at radius 3 is 2.85 bits per heavy atom. The van der Waals surface area contributed by atoms with Gasteiger partial charge in [0.25, 0.3) is 0 Å². The van der Waals surface area contributed by atoms with Gasteiger partial charge in [0.2, 0.25) is 5.95 Å². The number of hydrogen-bond donors (Lipinski definition) is 3. The first-order valence-corrected chi connectivity index (χ1v) is 8.84. The van der Waals surface area contributed by atoms with Crippen molar-refractivity contribution in [3.63, 3.8) is 0 Å². The van der Waals surface area contributed by atoms with Gasteiger partial charge in [0.1, 0.15) is 5.69 Å². The number of hydrogen-bond acceptors (Lipinski definition) is 8. The number of benzene rings is 1. The molecule has 0 radical (unpaired) electrons. The number of ether oxygens (including phenoxy) is 1. The van der Waals surface area contributed by atoms with Crippen molar-refractivity contribution in [3.8, 4) is 11.3 Å². The number of nitrogens with two attached hydrogens (primary N) is 1. The third-order valence-corrected chi connectivity index (χ3v) is 4.86. The van der Waals surface area contributed by atoms with Gasteiger partial charge in [0, 0.05) is 32.3 Å². The zero-order chi connectivity index (χ0) is 18.7. The number of aliphatic hydroxyl groups is 1. The van der Waals surface area contributed by atoms with E-state index in [9.17, 15) is 5.11 Å². The number of nitrogens with zero attached hydrogens (tertiary/aromatic N) is 4. The highest BCUT2D eigenvalue weighted by molar-refractivity contribution is 6.43. The number of halogens is 2. The van der Waals surface area contributed by atoms with Gasteiger partial charge in [-0.1, -0.05) is 35.3 Å². The van der Waals surface area contributed by atoms with Crippen LogP contribution in [0.5, 0.6) is 0 Å². The molecule has 0 spiro atoms. The van der Waals surface area contributed by atoms with Crippen LogP contribution >= 0.6 is 23.2 Å². The average Bonchev–Trinajstić information content (AvgIpc) is 2.56. The van der Waals surface area contributed by atoms with Crippen LogP contribution in [0, 0.1) is 0 Å². The van der Waals surface area contributed by atoms with Crippen LogP contribution in [0.3, 0.4) is 0 Å². The Hall–Kier alpha value is -1.71. The first-order chi connectivity index (χ1) is 12.5. The molecule has 10 heteroatoms. The molecule has 2 aromatic rings. The number of nitrogen functional groups attached to an aromatic ring is 1. The smallest absolute Gasteiger partial charge is 0.245 e. The van der Waals surface area contributed by atoms with Crippen molar-refractivity contribution in [3.05, 3.63) is 28.2 Å². The van der Waals surface area contributed by atoms with Gasteiger partial charge in [-0.25, -0.2) is 0 Å². The van der Waals surface area contributed by atoms with E-state index >= 15 is 0 Å². The van der Waals surface area contributed by atoms with Crippen LogP contribution in [0.15, 0.2) is 18.2 Å². The van der Waals surface area contributed by atoms with Gasteiger partial charge >= 0.3 is 0 Å². The predicted molar refractivity (Wildman–Crippen MR) is 101 cm³/mol. The zero-order valence-corrected chi connectivity index (χ0v) is 15.7. The molecule has 8 nitrogen and oxygen atoms in total. The van der Waals surface area contributed by atoms with Crippen molar-refractivity contribution in [1.82, 2.24) is 20.1 Å². The van der Waals surface area contributed by atoms with Crippen LogP contribution in [0.2, 0.25) is 10.0 Å². The molecule has 1 atom stereocenters. The van der Waals surface area contributed by atoms with E-state index in [1.165, 1.54) is 0 Å². The lowest BCUT2D eigenvalue weighted by Gasteiger charge is -2.40. The quantitative estimate of drug-likeness (QED) is 0.643. The molecule has 1 aliphatic heterocycles. The van der Waals surface area contributed by atoms with Gasteiger partial charge in [-0.05, 0) is 6.07 Å². The summed E-state index contributed by atoms with van der Waals surface area (Å²) in [5.41, 5.74) is 7.00. The lowest BCUT2D eigenvalue weighted by atomic mass is 10.1. The summed E-state index contributed by atoms with van der Waals surface area (Å²) in [4.78, 5) is 6.37. The molecule has 140 valence electrons. The predicted octanol–water partition coefficient (Wildman–Crippen LogP) is 1.53. The van der Waals surface area contributed by atoms with E-state index in [1.807, 2.05) is 0 Å². The maximum Gasteiger partial charge on any atom is 0.245 e. The summed E-state index contributed by atoms with van der Waals surface area (Å²) in [6.07, 6.45) is -0.490. The summed E-state index contributed by atoms with van der Waals surface area (Å²) in [7, 11) is 1.57. The number of aliphatic hydroxyl groups excluding tert-OH is 1. The number of aromatic nitrogens is 3. The average molecular weight is 399 g/mol. The molecule has 0 unspecified atom stereocenters. The number of rotatable bonds is 7. The lowest BCUT2D eigenvalue weighted by molar-refractivity contribution is 0.0192. The molecular formula is C16H20Cl2N6O2. The Labute approximate surface area is 161 Å². The standard InChI is InChI=1S/C16H20Cl2N6O2/c1-26-8-10(25)7-24-5-9(6-24)20-16-21-15(19)14(22-23-16)11-3-2-4-12(17)13(11)18/h2-4,9-10,25H,5-8H2,1H3,(H3,19,20,21,23)/t10-/m0/s1. The Morgan fingerprint density at radius 2 is 2.15 bits per heavy atom. The molecule has 0 bridgehead atoms. The third kappa shape index (κ3) is 4.33. The number of anilines is 2. The van der Waals surface area contributed by atoms with Crippen molar-refractivity contribution in [2.24, 2.45) is 0 Å². The second-order valence-electron chi connectivity index (χ2n) is 6.14. The van der Waals surface area contributed by atoms with E-state index in [-0.39, 0.29) is 11.9 Å². The maximum atomic E-state index is 9.72. The molecule has 1 aromatic heterocycles. The third-order valence-electron chi connectivity index (χ3n) is 4.04. The van der Waals surface area contributed by atoms with Crippen LogP contribution < -0.4 is 11.1 Å². The van der Waals surface area contributed by atoms with Crippen LogP contribution in [0.1, 0.15) is 0 Å². The second-order valence-corrected chi connectivity index (χ2v) is 6.92. The van der Waals surface area contributed by atoms with Gasteiger partial charge in [-0.15, -0.1) is 10.2 Å². The number of likely N-dealkylation sites (tertiary alicyclic amines) is 1. The fraction of sp³-hybridized carbons (Fsp3) is 0.438. The number of nitrogens with one attached hydrogen (secondary N) is 1. The largest absolute Gasteiger partial charge is 0.389 e. The molecule has 0 aliphatic carbocycles. The van der Waals surface area contributed by atoms with Gasteiger partial charge < -0.3 is 20.9 Å². The Balaban J connectivity index is 1.60. The summed E-state index contributed by atoms with van der Waals surface area (Å²) in [6, 6.07) is 5.38. The molecule has 1 saturated heterocycles. The van der Waals surface area contributed by atoms with Gasteiger partial charge in [-0.3, -0.25) is 4.90 Å². The van der Waals surface area contributed by atoms with Crippen LogP contribution in [0.25, 0.3) is 11.3 Å². The highest BCUT2D eigenvalue weighted by Gasteiger charge is 2.29. The Kier molecular flexibility index (Phi) is 6.10. The summed E-state index contributed by atoms with van der Waals surface area (Å²) >= 11 is 12.2. The van der Waals surface area contributed by atoms with E-state index < -0.39 is 6.10 Å². The summed E-state index contributed by atoms with van der Waals surface area (Å²) in [5.74, 6) is 0.574. The van der Waals surface area contributed by atoms with Gasteiger partial charge in [0.05, 0.1) is 28.8 Å². The highest BCUT2D eigenvalue weighted by Crippen LogP contribution is 2.34. The van der Waals surface area contributed by atoms with Crippen molar-refractivity contribution < 1.29 is 9.84 Å². The van der Waals surface area contributed by atoms with Gasteiger partial charge in [0.15, 0.2) is 5.82 Å². The maximum absolute atomic E-state index is 9.72. The van der Waals surface area contributed by atoms with E-state index in [0.717, 1.165) is 13.1 Å². The first-order valence-electron chi connectivity index (χ1n) is 8.08. The molecule has 0 amide bonds. The monoisotopic (exact) mass is 398 g/mol. The van der Waals surface area contributed by atoms with Crippen LogP contribution in [0.4, 0.5) is 11.8 Å². The summed E-state index contributed by atoms with van der Waals surface area (Å²) < 4.78 is 4.92. The van der Waals surface area contributed by atoms with Crippen LogP contribution in [-0.4, -0.2) is 70.7 Å². The van der Waals surface area contributed by atoms with Crippen molar-refractivity contribution in [1.29, 1.82) is 0 Å². The molecule has 1 fully saturated rings. The molecule has 1 aromatic carbocycles. The minimum absolute atomic E-state index is 0.173. The SMILES string of the molecule is COC[C@@H](O)CN1CC(Nc2nnc(-c3cccc(Cl)c3Cl)c(N)n2)C1. The Bertz CT molecular complexity index is 772. The molecule has 26 heavy (non-hydrogen) atoms. The van der Waals surface area contributed by atoms with Gasteiger partial charge in [-0.2, -0.15) is 4.98 Å².